The van der Waals surface area contributed by atoms with E-state index >= 15 is 0 Å². The summed E-state index contributed by atoms with van der Waals surface area (Å²) in [6.45, 7) is 4.68. The zero-order valence-corrected chi connectivity index (χ0v) is 22.0. The molecule has 1 heterocycles. The van der Waals surface area contributed by atoms with Crippen molar-refractivity contribution in [1.82, 2.24) is 5.32 Å². The molecule has 0 bridgehead atoms. The number of aliphatic imine (C=N–C) groups is 2. The third-order valence-electron chi connectivity index (χ3n) is 9.48. The van der Waals surface area contributed by atoms with Crippen molar-refractivity contribution in [3.63, 3.8) is 0 Å². The summed E-state index contributed by atoms with van der Waals surface area (Å²) >= 11 is 0. The van der Waals surface area contributed by atoms with E-state index in [0.717, 1.165) is 11.8 Å². The van der Waals surface area contributed by atoms with Gasteiger partial charge in [0.05, 0.1) is 0 Å². The van der Waals surface area contributed by atoms with Crippen LogP contribution in [0, 0.1) is 11.8 Å². The molecule has 1 aliphatic heterocycles. The zero-order chi connectivity index (χ0) is 22.9. The lowest BCUT2D eigenvalue weighted by molar-refractivity contribution is 0.195. The molecule has 3 nitrogen and oxygen atoms in total. The first-order valence-electron chi connectivity index (χ1n) is 15.1. The van der Waals surface area contributed by atoms with Crippen LogP contribution in [0.2, 0.25) is 0 Å². The van der Waals surface area contributed by atoms with E-state index in [-0.39, 0.29) is 0 Å². The maximum absolute atomic E-state index is 5.39. The Balaban J connectivity index is 1.49. The minimum absolute atomic E-state index is 0.459. The van der Waals surface area contributed by atoms with Crippen LogP contribution in [0.4, 0.5) is 0 Å². The molecule has 3 unspecified atom stereocenters. The number of nitrogens with zero attached hydrogens (tertiary/aromatic N) is 2. The average Bonchev–Trinajstić information content (AvgIpc) is 2.99. The van der Waals surface area contributed by atoms with Crippen molar-refractivity contribution in [3.05, 3.63) is 0 Å². The first-order valence-corrected chi connectivity index (χ1v) is 15.1. The molecule has 3 heteroatoms. The molecule has 0 aromatic heterocycles. The van der Waals surface area contributed by atoms with Crippen LogP contribution in [0.25, 0.3) is 0 Å². The lowest BCUT2D eigenvalue weighted by Gasteiger charge is -2.42. The van der Waals surface area contributed by atoms with Gasteiger partial charge >= 0.3 is 0 Å². The SMILES string of the molecule is C/C(=N\C1CCCCC1)C1CCC(C2CCCCCCCC2)C(/C(C)=N/C2CCCCC2)N1. The van der Waals surface area contributed by atoms with Gasteiger partial charge in [-0.15, -0.1) is 0 Å². The van der Waals surface area contributed by atoms with Gasteiger partial charge in [-0.05, 0) is 64.2 Å². The maximum Gasteiger partial charge on any atom is 0.0499 e. The predicted octanol–water partition coefficient (Wildman–Crippen LogP) is 8.06. The Kier molecular flexibility index (Phi) is 10.3. The van der Waals surface area contributed by atoms with E-state index in [1.165, 1.54) is 140 Å². The van der Waals surface area contributed by atoms with Crippen molar-refractivity contribution < 1.29 is 0 Å². The van der Waals surface area contributed by atoms with Gasteiger partial charge in [0, 0.05) is 35.6 Å². The largest absolute Gasteiger partial charge is 0.301 e. The van der Waals surface area contributed by atoms with Gasteiger partial charge in [-0.1, -0.05) is 89.9 Å². The van der Waals surface area contributed by atoms with Crippen molar-refractivity contribution in [3.8, 4) is 0 Å². The summed E-state index contributed by atoms with van der Waals surface area (Å²) in [7, 11) is 0. The van der Waals surface area contributed by atoms with Crippen LogP contribution in [0.1, 0.15) is 142 Å². The molecule has 0 aromatic rings. The summed E-state index contributed by atoms with van der Waals surface area (Å²) in [5, 5.41) is 4.17. The molecule has 188 valence electrons. The van der Waals surface area contributed by atoms with Crippen LogP contribution in [0.3, 0.4) is 0 Å². The molecule has 4 aliphatic rings. The van der Waals surface area contributed by atoms with Gasteiger partial charge in [-0.25, -0.2) is 0 Å². The van der Waals surface area contributed by atoms with Crippen molar-refractivity contribution in [2.75, 3.05) is 0 Å². The average molecular weight is 456 g/mol. The van der Waals surface area contributed by atoms with E-state index in [9.17, 15) is 0 Å². The molecule has 3 atom stereocenters. The molecule has 4 fully saturated rings. The van der Waals surface area contributed by atoms with Crippen molar-refractivity contribution in [2.45, 2.75) is 166 Å². The lowest BCUT2D eigenvalue weighted by Crippen LogP contribution is -2.55. The molecule has 4 rings (SSSR count). The second kappa shape index (κ2) is 13.4. The summed E-state index contributed by atoms with van der Waals surface area (Å²) in [6.07, 6.45) is 27.8. The van der Waals surface area contributed by atoms with E-state index in [0.29, 0.717) is 24.2 Å². The highest BCUT2D eigenvalue weighted by Gasteiger charge is 2.37. The number of rotatable bonds is 5. The van der Waals surface area contributed by atoms with Crippen molar-refractivity contribution in [1.29, 1.82) is 0 Å². The number of hydrogen-bond donors (Lipinski definition) is 1. The van der Waals surface area contributed by atoms with Gasteiger partial charge in [-0.3, -0.25) is 9.98 Å². The summed E-state index contributed by atoms with van der Waals surface area (Å²) < 4.78 is 0. The van der Waals surface area contributed by atoms with Gasteiger partial charge in [0.1, 0.15) is 0 Å². The molecule has 3 aliphatic carbocycles. The Bertz CT molecular complexity index is 616. The number of hydrogen-bond acceptors (Lipinski definition) is 3. The fourth-order valence-corrected chi connectivity index (χ4v) is 7.48. The first-order chi connectivity index (χ1) is 16.2. The van der Waals surface area contributed by atoms with Gasteiger partial charge < -0.3 is 5.32 Å². The minimum atomic E-state index is 0.459. The van der Waals surface area contributed by atoms with E-state index in [4.69, 9.17) is 9.98 Å². The second-order valence-corrected chi connectivity index (χ2v) is 12.0. The van der Waals surface area contributed by atoms with Crippen LogP contribution in [0.5, 0.6) is 0 Å². The van der Waals surface area contributed by atoms with Crippen molar-refractivity contribution >= 4 is 11.4 Å². The smallest absolute Gasteiger partial charge is 0.0499 e. The Hall–Kier alpha value is -0.700. The van der Waals surface area contributed by atoms with E-state index in [1.807, 2.05) is 0 Å². The maximum atomic E-state index is 5.39. The highest BCUT2D eigenvalue weighted by Crippen LogP contribution is 2.36. The van der Waals surface area contributed by atoms with E-state index in [1.54, 1.807) is 0 Å². The number of nitrogens with one attached hydrogen (secondary N) is 1. The monoisotopic (exact) mass is 455 g/mol. The topological polar surface area (TPSA) is 36.8 Å². The molecular weight excluding hydrogens is 402 g/mol. The lowest BCUT2D eigenvalue weighted by atomic mass is 9.73. The molecule has 1 saturated heterocycles. The van der Waals surface area contributed by atoms with Gasteiger partial charge in [0.15, 0.2) is 0 Å². The molecule has 3 saturated carbocycles. The highest BCUT2D eigenvalue weighted by atomic mass is 15.0. The fraction of sp³-hybridized carbons (Fsp3) is 0.933. The van der Waals surface area contributed by atoms with Crippen molar-refractivity contribution in [2.24, 2.45) is 21.8 Å². The fourth-order valence-electron chi connectivity index (χ4n) is 7.48. The standard InChI is InChI=1S/C30H53N3/c1-23(31-26-17-11-7-12-18-26)29-22-21-28(25-15-9-5-3-4-6-10-16-25)30(33-29)24(2)32-27-19-13-8-14-20-27/h25-30,33H,3-22H2,1-2H3/b31-23+,32-24+. The third-order valence-corrected chi connectivity index (χ3v) is 9.48. The minimum Gasteiger partial charge on any atom is -0.301 e. The predicted molar refractivity (Wildman–Crippen MR) is 144 cm³/mol. The molecule has 33 heavy (non-hydrogen) atoms. The van der Waals surface area contributed by atoms with Gasteiger partial charge in [0.25, 0.3) is 0 Å². The van der Waals surface area contributed by atoms with Crippen LogP contribution >= 0.6 is 0 Å². The first kappa shape index (κ1) is 25.4. The van der Waals surface area contributed by atoms with Crippen LogP contribution in [-0.4, -0.2) is 35.6 Å². The van der Waals surface area contributed by atoms with Gasteiger partial charge in [0.2, 0.25) is 0 Å². The molecule has 0 amide bonds. The normalized spacial score (nSPS) is 33.3. The second-order valence-electron chi connectivity index (χ2n) is 12.0. The van der Waals surface area contributed by atoms with Gasteiger partial charge in [-0.2, -0.15) is 0 Å². The quantitative estimate of drug-likeness (QED) is 0.418. The molecule has 0 radical (unpaired) electrons. The molecule has 0 aromatic carbocycles. The summed E-state index contributed by atoms with van der Waals surface area (Å²) in [4.78, 5) is 10.6. The molecule has 0 spiro atoms. The van der Waals surface area contributed by atoms with Crippen LogP contribution in [-0.2, 0) is 0 Å². The highest BCUT2D eigenvalue weighted by molar-refractivity contribution is 5.91. The van der Waals surface area contributed by atoms with E-state index < -0.39 is 0 Å². The molecule has 1 N–H and O–H groups in total. The number of piperidine rings is 1. The Morgan fingerprint density at radius 3 is 1.55 bits per heavy atom. The zero-order valence-electron chi connectivity index (χ0n) is 22.0. The van der Waals surface area contributed by atoms with Crippen LogP contribution in [0.15, 0.2) is 9.98 Å². The summed E-state index contributed by atoms with van der Waals surface area (Å²) in [5.74, 6) is 1.66. The third kappa shape index (κ3) is 7.64. The summed E-state index contributed by atoms with van der Waals surface area (Å²) in [6, 6.07) is 2.09. The summed E-state index contributed by atoms with van der Waals surface area (Å²) in [5.41, 5.74) is 2.80. The Morgan fingerprint density at radius 2 is 0.970 bits per heavy atom. The Morgan fingerprint density at radius 1 is 0.515 bits per heavy atom. The Labute approximate surface area is 205 Å². The molecular formula is C30H53N3. The van der Waals surface area contributed by atoms with E-state index in [2.05, 4.69) is 19.2 Å². The van der Waals surface area contributed by atoms with Crippen LogP contribution < -0.4 is 5.32 Å².